The summed E-state index contributed by atoms with van der Waals surface area (Å²) >= 11 is 0. The molecule has 0 aromatic rings. The Bertz CT molecular complexity index is 1530. The molecule has 0 bridgehead atoms. The van der Waals surface area contributed by atoms with Crippen LogP contribution in [-0.2, 0) is 23.7 Å². The minimum Gasteiger partial charge on any atom is -0.394 e. The van der Waals surface area contributed by atoms with Gasteiger partial charge in [-0.3, -0.25) is 4.79 Å². The van der Waals surface area contributed by atoms with E-state index in [1.54, 1.807) is 0 Å². The summed E-state index contributed by atoms with van der Waals surface area (Å²) in [6.45, 7) is 2.88. The molecule has 2 aliphatic heterocycles. The van der Waals surface area contributed by atoms with Crippen LogP contribution < -0.4 is 5.32 Å². The zero-order valence-corrected chi connectivity index (χ0v) is 53.0. The molecule has 83 heavy (non-hydrogen) atoms. The standard InChI is InChI=1S/C69H129NO13/c1-3-5-7-9-11-13-15-17-19-21-22-23-24-25-26-27-28-29-30-31-32-33-34-35-36-37-39-41-43-45-47-49-51-53-61(74)70-57(58(73)52-50-48-46-44-42-40-38-20-18-16-14-12-10-8-6-4-2)56-80-68-66(79)64(77)67(60(55-72)82-68)83-69-65(78)63(76)62(75)59(54-71)81-69/h15,17,21-22,24-25,57-60,62-69,71-73,75-79H,3-14,16,18-20,23,26-56H2,1-2H3,(H,70,74)/b17-15-,22-21-,25-24-. The van der Waals surface area contributed by atoms with Crippen molar-refractivity contribution < 1.29 is 64.6 Å². The van der Waals surface area contributed by atoms with Crippen LogP contribution in [0.1, 0.15) is 303 Å². The van der Waals surface area contributed by atoms with Crippen molar-refractivity contribution in [3.63, 3.8) is 0 Å². The van der Waals surface area contributed by atoms with Gasteiger partial charge in [0, 0.05) is 6.42 Å². The Morgan fingerprint density at radius 1 is 0.434 bits per heavy atom. The zero-order chi connectivity index (χ0) is 60.2. The number of carbonyl (C=O) groups is 1. The fourth-order valence-electron chi connectivity index (χ4n) is 11.5. The van der Waals surface area contributed by atoms with Crippen molar-refractivity contribution >= 4 is 5.91 Å². The second-order valence-electron chi connectivity index (χ2n) is 24.7. The number of carbonyl (C=O) groups excluding carboxylic acids is 1. The van der Waals surface area contributed by atoms with E-state index in [9.17, 15) is 45.6 Å². The fourth-order valence-corrected chi connectivity index (χ4v) is 11.5. The molecule has 2 rings (SSSR count). The molecule has 14 heteroatoms. The number of hydrogen-bond acceptors (Lipinski definition) is 13. The minimum absolute atomic E-state index is 0.202. The molecule has 2 heterocycles. The summed E-state index contributed by atoms with van der Waals surface area (Å²) < 4.78 is 22.9. The third-order valence-electron chi connectivity index (χ3n) is 17.1. The van der Waals surface area contributed by atoms with Crippen LogP contribution in [0.25, 0.3) is 0 Å². The third-order valence-corrected chi connectivity index (χ3v) is 17.1. The predicted molar refractivity (Wildman–Crippen MR) is 337 cm³/mol. The van der Waals surface area contributed by atoms with E-state index in [1.165, 1.54) is 212 Å². The Morgan fingerprint density at radius 3 is 1.22 bits per heavy atom. The second-order valence-corrected chi connectivity index (χ2v) is 24.7. The topological polar surface area (TPSA) is 228 Å². The van der Waals surface area contributed by atoms with Gasteiger partial charge in [-0.1, -0.05) is 281 Å². The first kappa shape index (κ1) is 77.3. The molecule has 1 amide bonds. The lowest BCUT2D eigenvalue weighted by molar-refractivity contribution is -0.359. The Labute approximate surface area is 506 Å². The van der Waals surface area contributed by atoms with E-state index in [4.69, 9.17) is 18.9 Å². The van der Waals surface area contributed by atoms with Crippen LogP contribution in [0.15, 0.2) is 36.5 Å². The summed E-state index contributed by atoms with van der Waals surface area (Å²) in [7, 11) is 0. The van der Waals surface area contributed by atoms with Crippen LogP contribution in [-0.4, -0.2) is 140 Å². The molecule has 12 atom stereocenters. The number of nitrogens with one attached hydrogen (secondary N) is 1. The molecule has 9 N–H and O–H groups in total. The number of hydrogen-bond donors (Lipinski definition) is 9. The third kappa shape index (κ3) is 39.0. The van der Waals surface area contributed by atoms with E-state index in [1.807, 2.05) is 0 Å². The highest BCUT2D eigenvalue weighted by molar-refractivity contribution is 5.76. The lowest BCUT2D eigenvalue weighted by Gasteiger charge is -2.46. The van der Waals surface area contributed by atoms with Crippen LogP contribution >= 0.6 is 0 Å². The predicted octanol–water partition coefficient (Wildman–Crippen LogP) is 13.7. The first-order chi connectivity index (χ1) is 40.6. The van der Waals surface area contributed by atoms with Gasteiger partial charge in [-0.15, -0.1) is 0 Å². The highest BCUT2D eigenvalue weighted by atomic mass is 16.7. The van der Waals surface area contributed by atoms with Gasteiger partial charge >= 0.3 is 0 Å². The number of amides is 1. The van der Waals surface area contributed by atoms with Crippen molar-refractivity contribution in [1.82, 2.24) is 5.32 Å². The highest BCUT2D eigenvalue weighted by Crippen LogP contribution is 2.30. The number of unbranched alkanes of at least 4 members (excludes halogenated alkanes) is 38. The van der Waals surface area contributed by atoms with Gasteiger partial charge in [0.15, 0.2) is 12.6 Å². The van der Waals surface area contributed by atoms with Crippen LogP contribution in [0.5, 0.6) is 0 Å². The van der Waals surface area contributed by atoms with Crippen molar-refractivity contribution in [2.75, 3.05) is 19.8 Å². The van der Waals surface area contributed by atoms with Gasteiger partial charge < -0.3 is 65.1 Å². The second kappa shape index (κ2) is 54.4. The van der Waals surface area contributed by atoms with Crippen LogP contribution in [0.3, 0.4) is 0 Å². The van der Waals surface area contributed by atoms with Crippen LogP contribution in [0.2, 0.25) is 0 Å². The van der Waals surface area contributed by atoms with Gasteiger partial charge in [0.05, 0.1) is 32.0 Å². The Kier molecular flexibility index (Phi) is 50.6. The Morgan fingerprint density at radius 2 is 0.795 bits per heavy atom. The Hall–Kier alpha value is -1.79. The first-order valence-corrected chi connectivity index (χ1v) is 34.7. The monoisotopic (exact) mass is 1180 g/mol. The number of allylic oxidation sites excluding steroid dienone is 6. The van der Waals surface area contributed by atoms with Crippen LogP contribution in [0.4, 0.5) is 0 Å². The average molecular weight is 1180 g/mol. The van der Waals surface area contributed by atoms with Gasteiger partial charge in [0.25, 0.3) is 0 Å². The summed E-state index contributed by atoms with van der Waals surface area (Å²) in [5.41, 5.74) is 0. The van der Waals surface area contributed by atoms with E-state index in [2.05, 4.69) is 55.6 Å². The van der Waals surface area contributed by atoms with E-state index >= 15 is 0 Å². The minimum atomic E-state index is -1.78. The summed E-state index contributed by atoms with van der Waals surface area (Å²) in [5.74, 6) is -0.202. The van der Waals surface area contributed by atoms with Crippen molar-refractivity contribution in [2.24, 2.45) is 0 Å². The number of aliphatic hydroxyl groups is 8. The van der Waals surface area contributed by atoms with E-state index in [-0.39, 0.29) is 12.5 Å². The molecule has 2 saturated heterocycles. The van der Waals surface area contributed by atoms with Crippen molar-refractivity contribution in [3.05, 3.63) is 36.5 Å². The molecule has 0 aromatic carbocycles. The SMILES string of the molecule is CCCCCCC/C=C\C/C=C\C/C=C\CCCCCCCCCCCCCCCCCCCCC(=O)NC(COC1OC(CO)C(OC2OC(CO)C(O)C(O)C2O)C(O)C1O)C(O)CCCCCCCCCCCCCCCCCC. The van der Waals surface area contributed by atoms with E-state index < -0.39 is 86.8 Å². The molecule has 0 spiro atoms. The number of aliphatic hydroxyl groups excluding tert-OH is 8. The quantitative estimate of drug-likeness (QED) is 0.0204. The maximum atomic E-state index is 13.3. The average Bonchev–Trinajstić information content (AvgIpc) is 3.63. The van der Waals surface area contributed by atoms with Crippen molar-refractivity contribution in [1.29, 1.82) is 0 Å². The molecule has 12 unspecified atom stereocenters. The van der Waals surface area contributed by atoms with Crippen molar-refractivity contribution in [2.45, 2.75) is 376 Å². The van der Waals surface area contributed by atoms with Gasteiger partial charge in [0.1, 0.15) is 48.8 Å². The van der Waals surface area contributed by atoms with Gasteiger partial charge in [-0.2, -0.15) is 0 Å². The van der Waals surface area contributed by atoms with E-state index in [0.29, 0.717) is 12.8 Å². The molecule has 0 aliphatic carbocycles. The summed E-state index contributed by atoms with van der Waals surface area (Å²) in [6.07, 6.45) is 51.6. The maximum Gasteiger partial charge on any atom is 0.220 e. The van der Waals surface area contributed by atoms with Gasteiger partial charge in [0.2, 0.25) is 5.91 Å². The largest absolute Gasteiger partial charge is 0.394 e. The van der Waals surface area contributed by atoms with Gasteiger partial charge in [-0.25, -0.2) is 0 Å². The molecule has 0 aromatic heterocycles. The summed E-state index contributed by atoms with van der Waals surface area (Å²) in [5, 5.41) is 87.5. The lowest BCUT2D eigenvalue weighted by Crippen LogP contribution is -2.65. The summed E-state index contributed by atoms with van der Waals surface area (Å²) in [4.78, 5) is 13.3. The van der Waals surface area contributed by atoms with Gasteiger partial charge in [-0.05, 0) is 51.4 Å². The fraction of sp³-hybridized carbons (Fsp3) is 0.899. The smallest absolute Gasteiger partial charge is 0.220 e. The molecule has 488 valence electrons. The zero-order valence-electron chi connectivity index (χ0n) is 53.0. The molecule has 2 aliphatic rings. The normalized spacial score (nSPS) is 24.0. The molecular formula is C69H129NO13. The molecule has 0 saturated carbocycles. The van der Waals surface area contributed by atoms with Crippen LogP contribution in [0, 0.1) is 0 Å². The lowest BCUT2D eigenvalue weighted by atomic mass is 9.97. The highest BCUT2D eigenvalue weighted by Gasteiger charge is 2.51. The first-order valence-electron chi connectivity index (χ1n) is 34.7. The number of ether oxygens (including phenoxy) is 4. The molecule has 2 fully saturated rings. The molecule has 0 radical (unpaired) electrons. The van der Waals surface area contributed by atoms with E-state index in [0.717, 1.165) is 64.2 Å². The number of rotatable bonds is 57. The molecular weight excluding hydrogens is 1050 g/mol. The summed E-state index contributed by atoms with van der Waals surface area (Å²) in [6, 6.07) is -0.828. The molecule has 14 nitrogen and oxygen atoms in total. The Balaban J connectivity index is 1.62. The maximum absolute atomic E-state index is 13.3. The van der Waals surface area contributed by atoms with Crippen molar-refractivity contribution in [3.8, 4) is 0 Å².